The molecule has 0 N–H and O–H groups in total. The fourth-order valence-electron chi connectivity index (χ4n) is 3.13. The van der Waals surface area contributed by atoms with Crippen molar-refractivity contribution in [3.63, 3.8) is 0 Å². The minimum absolute atomic E-state index is 0.0589. The molecule has 0 saturated carbocycles. The fraction of sp³-hybridized carbons (Fsp3) is 0.444. The molecule has 1 atom stereocenters. The Morgan fingerprint density at radius 2 is 2.08 bits per heavy atom. The number of pyridine rings is 1. The molecule has 1 fully saturated rings. The monoisotopic (exact) mass is 378 g/mol. The van der Waals surface area contributed by atoms with Crippen molar-refractivity contribution in [1.29, 1.82) is 0 Å². The van der Waals surface area contributed by atoms with Crippen LogP contribution in [0.2, 0.25) is 0 Å². The molecule has 1 saturated heterocycles. The lowest BCUT2D eigenvalue weighted by Gasteiger charge is -2.23. The first-order valence-electron chi connectivity index (χ1n) is 8.23. The molecule has 134 valence electrons. The highest BCUT2D eigenvalue weighted by Gasteiger charge is 2.32. The van der Waals surface area contributed by atoms with Gasteiger partial charge in [-0.1, -0.05) is 30.0 Å². The number of hydrogen-bond donors (Lipinski definition) is 0. The summed E-state index contributed by atoms with van der Waals surface area (Å²) < 4.78 is 23.2. The van der Waals surface area contributed by atoms with Crippen molar-refractivity contribution >= 4 is 38.4 Å². The summed E-state index contributed by atoms with van der Waals surface area (Å²) in [5.74, 6) is 0.452. The Hall–Kier alpha value is -1.60. The lowest BCUT2D eigenvalue weighted by molar-refractivity contribution is -0.128. The Labute approximate surface area is 152 Å². The molecule has 0 bridgehead atoms. The standard InChI is InChI=1S/C18H22N2O3S2/c1-12-5-4-6-15-13(2)9-16(19-18(12)15)24-10-17(21)20(3)14-7-8-25(22,23)11-14/h4-6,9,14H,7-8,10-11H2,1-3H3/t14-/m1/s1. The number of carbonyl (C=O) groups is 1. The predicted molar refractivity (Wildman–Crippen MR) is 102 cm³/mol. The smallest absolute Gasteiger partial charge is 0.233 e. The fourth-order valence-corrected chi connectivity index (χ4v) is 5.79. The Kier molecular flexibility index (Phi) is 5.06. The third-order valence-electron chi connectivity index (χ3n) is 4.72. The molecular weight excluding hydrogens is 356 g/mol. The summed E-state index contributed by atoms with van der Waals surface area (Å²) in [6.07, 6.45) is 0.530. The van der Waals surface area contributed by atoms with Crippen LogP contribution < -0.4 is 0 Å². The summed E-state index contributed by atoms with van der Waals surface area (Å²) in [5.41, 5.74) is 3.22. The number of amides is 1. The van der Waals surface area contributed by atoms with Crippen molar-refractivity contribution in [1.82, 2.24) is 9.88 Å². The zero-order valence-corrected chi connectivity index (χ0v) is 16.3. The second kappa shape index (κ2) is 6.96. The highest BCUT2D eigenvalue weighted by atomic mass is 32.2. The van der Waals surface area contributed by atoms with E-state index in [-0.39, 0.29) is 29.2 Å². The number of aryl methyl sites for hydroxylation is 2. The molecule has 5 nitrogen and oxygen atoms in total. The first kappa shape index (κ1) is 18.2. The maximum atomic E-state index is 12.4. The van der Waals surface area contributed by atoms with Crippen LogP contribution in [0.25, 0.3) is 10.9 Å². The van der Waals surface area contributed by atoms with Gasteiger partial charge in [-0.3, -0.25) is 4.79 Å². The number of benzene rings is 1. The normalized spacial score (nSPS) is 19.2. The number of carbonyl (C=O) groups excluding carboxylic acids is 1. The summed E-state index contributed by atoms with van der Waals surface area (Å²) in [4.78, 5) is 18.7. The van der Waals surface area contributed by atoms with Gasteiger partial charge in [-0.25, -0.2) is 13.4 Å². The van der Waals surface area contributed by atoms with E-state index in [1.165, 1.54) is 11.8 Å². The zero-order valence-electron chi connectivity index (χ0n) is 14.7. The van der Waals surface area contributed by atoms with Gasteiger partial charge >= 0.3 is 0 Å². The number of fused-ring (bicyclic) bond motifs is 1. The zero-order chi connectivity index (χ0) is 18.2. The number of sulfone groups is 1. The average Bonchev–Trinajstić information content (AvgIpc) is 2.93. The van der Waals surface area contributed by atoms with Crippen LogP contribution in [0.15, 0.2) is 29.3 Å². The number of nitrogens with zero attached hydrogens (tertiary/aromatic N) is 2. The van der Waals surface area contributed by atoms with Gasteiger partial charge in [0.1, 0.15) is 0 Å². The van der Waals surface area contributed by atoms with Crippen molar-refractivity contribution in [3.8, 4) is 0 Å². The predicted octanol–water partition coefficient (Wildman–Crippen LogP) is 2.59. The van der Waals surface area contributed by atoms with Gasteiger partial charge in [0.25, 0.3) is 0 Å². The van der Waals surface area contributed by atoms with E-state index in [2.05, 4.69) is 11.1 Å². The van der Waals surface area contributed by atoms with Crippen LogP contribution in [0.3, 0.4) is 0 Å². The highest BCUT2D eigenvalue weighted by Crippen LogP contribution is 2.26. The van der Waals surface area contributed by atoms with Crippen LogP contribution >= 0.6 is 11.8 Å². The molecular formula is C18H22N2O3S2. The topological polar surface area (TPSA) is 67.3 Å². The van der Waals surface area contributed by atoms with Crippen molar-refractivity contribution in [2.75, 3.05) is 24.3 Å². The van der Waals surface area contributed by atoms with E-state index < -0.39 is 9.84 Å². The number of thioether (sulfide) groups is 1. The summed E-state index contributed by atoms with van der Waals surface area (Å²) in [5, 5.41) is 1.95. The molecule has 2 aromatic rings. The molecule has 1 aromatic carbocycles. The van der Waals surface area contributed by atoms with E-state index in [0.29, 0.717) is 6.42 Å². The van der Waals surface area contributed by atoms with Crippen molar-refractivity contribution in [3.05, 3.63) is 35.4 Å². The molecule has 0 radical (unpaired) electrons. The molecule has 25 heavy (non-hydrogen) atoms. The third kappa shape index (κ3) is 3.98. The maximum Gasteiger partial charge on any atom is 0.233 e. The van der Waals surface area contributed by atoms with Gasteiger partial charge < -0.3 is 4.90 Å². The van der Waals surface area contributed by atoms with Gasteiger partial charge in [0.2, 0.25) is 5.91 Å². The largest absolute Gasteiger partial charge is 0.341 e. The Bertz CT molecular complexity index is 925. The van der Waals surface area contributed by atoms with Crippen LogP contribution in [0, 0.1) is 13.8 Å². The average molecular weight is 379 g/mol. The van der Waals surface area contributed by atoms with Crippen LogP contribution in [-0.4, -0.2) is 54.6 Å². The first-order chi connectivity index (χ1) is 11.8. The van der Waals surface area contributed by atoms with Crippen LogP contribution in [0.4, 0.5) is 0 Å². The molecule has 7 heteroatoms. The molecule has 0 unspecified atom stereocenters. The summed E-state index contributed by atoms with van der Waals surface area (Å²) in [6.45, 7) is 4.08. The number of rotatable bonds is 4. The molecule has 1 aliphatic rings. The lowest BCUT2D eigenvalue weighted by Crippen LogP contribution is -2.38. The van der Waals surface area contributed by atoms with E-state index in [1.54, 1.807) is 11.9 Å². The maximum absolute atomic E-state index is 12.4. The first-order valence-corrected chi connectivity index (χ1v) is 11.0. The third-order valence-corrected chi connectivity index (χ3v) is 7.36. The van der Waals surface area contributed by atoms with Crippen molar-refractivity contribution < 1.29 is 13.2 Å². The molecule has 0 aliphatic carbocycles. The minimum atomic E-state index is -2.99. The van der Waals surface area contributed by atoms with E-state index in [0.717, 1.165) is 27.1 Å². The minimum Gasteiger partial charge on any atom is -0.341 e. The number of hydrogen-bond acceptors (Lipinski definition) is 5. The number of aromatic nitrogens is 1. The quantitative estimate of drug-likeness (QED) is 0.765. The molecule has 1 aromatic heterocycles. The summed E-state index contributed by atoms with van der Waals surface area (Å²) in [7, 11) is -1.30. The summed E-state index contributed by atoms with van der Waals surface area (Å²) >= 11 is 1.40. The van der Waals surface area contributed by atoms with Gasteiger partial charge in [-0.15, -0.1) is 0 Å². The molecule has 1 aliphatic heterocycles. The molecule has 1 amide bonds. The summed E-state index contributed by atoms with van der Waals surface area (Å²) in [6, 6.07) is 7.90. The van der Waals surface area contributed by atoms with Crippen molar-refractivity contribution in [2.24, 2.45) is 0 Å². The van der Waals surface area contributed by atoms with Gasteiger partial charge in [-0.05, 0) is 37.5 Å². The Balaban J connectivity index is 1.70. The SMILES string of the molecule is Cc1cc(SCC(=O)N(C)[C@@H]2CCS(=O)(=O)C2)nc2c(C)cccc12. The number of para-hydroxylation sites is 1. The highest BCUT2D eigenvalue weighted by molar-refractivity contribution is 7.99. The molecule has 2 heterocycles. The van der Waals surface area contributed by atoms with Crippen molar-refractivity contribution in [2.45, 2.75) is 31.3 Å². The molecule has 3 rings (SSSR count). The van der Waals surface area contributed by atoms with Crippen LogP contribution in [0.1, 0.15) is 17.5 Å². The second-order valence-electron chi connectivity index (χ2n) is 6.60. The van der Waals surface area contributed by atoms with Crippen LogP contribution in [0.5, 0.6) is 0 Å². The van der Waals surface area contributed by atoms with E-state index in [9.17, 15) is 13.2 Å². The van der Waals surface area contributed by atoms with E-state index >= 15 is 0 Å². The molecule has 0 spiro atoms. The Morgan fingerprint density at radius 1 is 1.32 bits per heavy atom. The van der Waals surface area contributed by atoms with E-state index in [4.69, 9.17) is 0 Å². The van der Waals surface area contributed by atoms with Crippen LogP contribution in [-0.2, 0) is 14.6 Å². The van der Waals surface area contributed by atoms with Gasteiger partial charge in [0.05, 0.1) is 27.8 Å². The lowest BCUT2D eigenvalue weighted by atomic mass is 10.1. The van der Waals surface area contributed by atoms with Gasteiger partial charge in [0, 0.05) is 18.5 Å². The Morgan fingerprint density at radius 3 is 2.76 bits per heavy atom. The van der Waals surface area contributed by atoms with Gasteiger partial charge in [-0.2, -0.15) is 0 Å². The van der Waals surface area contributed by atoms with E-state index in [1.807, 2.05) is 32.0 Å². The van der Waals surface area contributed by atoms with Gasteiger partial charge in [0.15, 0.2) is 9.84 Å². The second-order valence-corrected chi connectivity index (χ2v) is 9.82.